The van der Waals surface area contributed by atoms with Crippen LogP contribution in [0.4, 0.5) is 0 Å². The van der Waals surface area contributed by atoms with Gasteiger partial charge in [-0.2, -0.15) is 0 Å². The highest BCUT2D eigenvalue weighted by atomic mass is 79.9. The highest BCUT2D eigenvalue weighted by Crippen LogP contribution is 2.32. The molecule has 18 heavy (non-hydrogen) atoms. The number of hydrogen-bond acceptors (Lipinski definition) is 5. The standard InChI is InChI=1S/C12H21BrN4S/c1-16-4-5-17(2)9(8-16)7-11(15-14)12-10(13)3-6-18-12/h3,6,9,11,15H,4-5,7-8,14H2,1-2H3. The summed E-state index contributed by atoms with van der Waals surface area (Å²) in [4.78, 5) is 6.12. The number of rotatable bonds is 4. The Morgan fingerprint density at radius 2 is 2.33 bits per heavy atom. The SMILES string of the molecule is CN1CCN(C)C(CC(NN)c2sccc2Br)C1. The van der Waals surface area contributed by atoms with Crippen LogP contribution in [-0.4, -0.2) is 49.6 Å². The monoisotopic (exact) mass is 332 g/mol. The lowest BCUT2D eigenvalue weighted by molar-refractivity contribution is 0.101. The maximum atomic E-state index is 5.73. The number of nitrogens with one attached hydrogen (secondary N) is 1. The first-order valence-electron chi connectivity index (χ1n) is 6.19. The molecule has 2 heterocycles. The van der Waals surface area contributed by atoms with Crippen LogP contribution in [0.2, 0.25) is 0 Å². The van der Waals surface area contributed by atoms with Crippen molar-refractivity contribution >= 4 is 27.3 Å². The Kier molecular flexibility index (Phi) is 5.17. The predicted octanol–water partition coefficient (Wildman–Crippen LogP) is 1.65. The minimum Gasteiger partial charge on any atom is -0.304 e. The molecule has 2 atom stereocenters. The van der Waals surface area contributed by atoms with Gasteiger partial charge in [0.25, 0.3) is 0 Å². The van der Waals surface area contributed by atoms with Crippen LogP contribution in [0.3, 0.4) is 0 Å². The third kappa shape index (κ3) is 3.31. The van der Waals surface area contributed by atoms with E-state index in [0.717, 1.165) is 30.5 Å². The van der Waals surface area contributed by atoms with E-state index in [1.54, 1.807) is 11.3 Å². The number of hydrazine groups is 1. The molecule has 0 saturated carbocycles. The van der Waals surface area contributed by atoms with Crippen LogP contribution in [0.25, 0.3) is 0 Å². The lowest BCUT2D eigenvalue weighted by Crippen LogP contribution is -2.51. The summed E-state index contributed by atoms with van der Waals surface area (Å²) in [7, 11) is 4.39. The molecule has 1 aromatic heterocycles. The van der Waals surface area contributed by atoms with Crippen molar-refractivity contribution in [1.82, 2.24) is 15.2 Å². The summed E-state index contributed by atoms with van der Waals surface area (Å²) in [6.07, 6.45) is 1.04. The van der Waals surface area contributed by atoms with E-state index in [0.29, 0.717) is 6.04 Å². The van der Waals surface area contributed by atoms with Crippen LogP contribution >= 0.6 is 27.3 Å². The molecule has 1 aromatic rings. The van der Waals surface area contributed by atoms with Crippen molar-refractivity contribution in [2.75, 3.05) is 33.7 Å². The van der Waals surface area contributed by atoms with Gasteiger partial charge in [-0.1, -0.05) is 0 Å². The van der Waals surface area contributed by atoms with Crippen molar-refractivity contribution in [3.8, 4) is 0 Å². The summed E-state index contributed by atoms with van der Waals surface area (Å²) in [5, 5.41) is 2.10. The van der Waals surface area contributed by atoms with Crippen LogP contribution in [-0.2, 0) is 0 Å². The van der Waals surface area contributed by atoms with Gasteiger partial charge in [-0.25, -0.2) is 0 Å². The van der Waals surface area contributed by atoms with Crippen LogP contribution in [0.15, 0.2) is 15.9 Å². The Labute approximate surface area is 121 Å². The van der Waals surface area contributed by atoms with E-state index >= 15 is 0 Å². The molecule has 0 spiro atoms. The van der Waals surface area contributed by atoms with Gasteiger partial charge in [0.15, 0.2) is 0 Å². The Morgan fingerprint density at radius 1 is 1.56 bits per heavy atom. The fraction of sp³-hybridized carbons (Fsp3) is 0.667. The van der Waals surface area contributed by atoms with Crippen molar-refractivity contribution in [2.24, 2.45) is 5.84 Å². The van der Waals surface area contributed by atoms with Gasteiger partial charge < -0.3 is 9.80 Å². The summed E-state index contributed by atoms with van der Waals surface area (Å²) in [5.41, 5.74) is 2.96. The number of piperazine rings is 1. The molecule has 0 aliphatic carbocycles. The number of hydrogen-bond donors (Lipinski definition) is 2. The predicted molar refractivity (Wildman–Crippen MR) is 80.6 cm³/mol. The largest absolute Gasteiger partial charge is 0.304 e. The van der Waals surface area contributed by atoms with Gasteiger partial charge in [-0.3, -0.25) is 11.3 Å². The molecule has 1 fully saturated rings. The fourth-order valence-electron chi connectivity index (χ4n) is 2.43. The molecule has 3 N–H and O–H groups in total. The number of nitrogens with zero attached hydrogens (tertiary/aromatic N) is 2. The van der Waals surface area contributed by atoms with Gasteiger partial charge >= 0.3 is 0 Å². The second-order valence-corrected chi connectivity index (χ2v) is 6.79. The molecule has 4 nitrogen and oxygen atoms in total. The molecule has 1 saturated heterocycles. The number of likely N-dealkylation sites (N-methyl/N-ethyl adjacent to an activating group) is 2. The summed E-state index contributed by atoms with van der Waals surface area (Å²) >= 11 is 5.34. The van der Waals surface area contributed by atoms with Gasteiger partial charge in [0.05, 0.1) is 6.04 Å². The smallest absolute Gasteiger partial charge is 0.0580 e. The Bertz CT molecular complexity index is 384. The molecule has 0 amide bonds. The van der Waals surface area contributed by atoms with Gasteiger partial charge in [-0.15, -0.1) is 11.3 Å². The number of nitrogens with two attached hydrogens (primary N) is 1. The maximum absolute atomic E-state index is 5.73. The van der Waals surface area contributed by atoms with E-state index in [9.17, 15) is 0 Å². The second kappa shape index (κ2) is 6.45. The second-order valence-electron chi connectivity index (χ2n) is 4.98. The molecule has 102 valence electrons. The lowest BCUT2D eigenvalue weighted by atomic mass is 10.0. The van der Waals surface area contributed by atoms with E-state index in [2.05, 4.69) is 56.7 Å². The van der Waals surface area contributed by atoms with Crippen molar-refractivity contribution in [1.29, 1.82) is 0 Å². The third-order valence-electron chi connectivity index (χ3n) is 3.65. The molecule has 1 aliphatic rings. The molecular weight excluding hydrogens is 312 g/mol. The van der Waals surface area contributed by atoms with Gasteiger partial charge in [-0.05, 0) is 47.9 Å². The summed E-state index contributed by atoms with van der Waals surface area (Å²) < 4.78 is 1.15. The van der Waals surface area contributed by atoms with Gasteiger partial charge in [0, 0.05) is 35.0 Å². The zero-order valence-electron chi connectivity index (χ0n) is 10.9. The van der Waals surface area contributed by atoms with Crippen LogP contribution in [0, 0.1) is 0 Å². The first kappa shape index (κ1) is 14.4. The molecule has 0 aromatic carbocycles. The highest BCUT2D eigenvalue weighted by Gasteiger charge is 2.26. The zero-order chi connectivity index (χ0) is 13.1. The summed E-state index contributed by atoms with van der Waals surface area (Å²) in [6.45, 7) is 3.39. The van der Waals surface area contributed by atoms with Crippen molar-refractivity contribution in [3.05, 3.63) is 20.8 Å². The van der Waals surface area contributed by atoms with Gasteiger partial charge in [0.1, 0.15) is 0 Å². The van der Waals surface area contributed by atoms with E-state index < -0.39 is 0 Å². The first-order chi connectivity index (χ1) is 8.61. The van der Waals surface area contributed by atoms with Gasteiger partial charge in [0.2, 0.25) is 0 Å². The fourth-order valence-corrected chi connectivity index (χ4v) is 4.16. The first-order valence-corrected chi connectivity index (χ1v) is 7.87. The van der Waals surface area contributed by atoms with Crippen molar-refractivity contribution < 1.29 is 0 Å². The minimum absolute atomic E-state index is 0.221. The molecule has 0 bridgehead atoms. The highest BCUT2D eigenvalue weighted by molar-refractivity contribution is 9.10. The topological polar surface area (TPSA) is 44.5 Å². The molecule has 0 radical (unpaired) electrons. The molecule has 2 unspecified atom stereocenters. The molecule has 2 rings (SSSR count). The zero-order valence-corrected chi connectivity index (χ0v) is 13.3. The third-order valence-corrected chi connectivity index (χ3v) is 5.63. The lowest BCUT2D eigenvalue weighted by Gasteiger charge is -2.39. The van der Waals surface area contributed by atoms with E-state index in [-0.39, 0.29) is 6.04 Å². The molecular formula is C12H21BrN4S. The Hall–Kier alpha value is 0.0200. The normalized spacial score (nSPS) is 24.3. The van der Waals surface area contributed by atoms with E-state index in [4.69, 9.17) is 5.84 Å². The number of halogens is 1. The maximum Gasteiger partial charge on any atom is 0.0580 e. The van der Waals surface area contributed by atoms with Crippen LogP contribution < -0.4 is 11.3 Å². The van der Waals surface area contributed by atoms with Crippen LogP contribution in [0.1, 0.15) is 17.3 Å². The van der Waals surface area contributed by atoms with E-state index in [1.807, 2.05) is 0 Å². The van der Waals surface area contributed by atoms with E-state index in [1.165, 1.54) is 4.88 Å². The Balaban J connectivity index is 2.04. The Morgan fingerprint density at radius 3 is 2.94 bits per heavy atom. The number of thiophene rings is 1. The molecule has 6 heteroatoms. The average Bonchev–Trinajstić information content (AvgIpc) is 2.77. The molecule has 1 aliphatic heterocycles. The van der Waals surface area contributed by atoms with Crippen molar-refractivity contribution in [3.63, 3.8) is 0 Å². The average molecular weight is 333 g/mol. The summed E-state index contributed by atoms with van der Waals surface area (Å²) in [5.74, 6) is 5.73. The quantitative estimate of drug-likeness (QED) is 0.650. The van der Waals surface area contributed by atoms with Crippen LogP contribution in [0.5, 0.6) is 0 Å². The minimum atomic E-state index is 0.221. The van der Waals surface area contributed by atoms with Crippen molar-refractivity contribution in [2.45, 2.75) is 18.5 Å². The summed E-state index contributed by atoms with van der Waals surface area (Å²) in [6, 6.07) is 2.86.